The number of halogens is 1. The van der Waals surface area contributed by atoms with Crippen molar-refractivity contribution in [1.82, 2.24) is 15.0 Å². The van der Waals surface area contributed by atoms with Gasteiger partial charge in [0, 0.05) is 41.0 Å². The van der Waals surface area contributed by atoms with Crippen molar-refractivity contribution in [3.63, 3.8) is 0 Å². The lowest BCUT2D eigenvalue weighted by atomic mass is 9.82. The zero-order valence-corrected chi connectivity index (χ0v) is 31.3. The molecule has 1 fully saturated rings. The number of amides is 2. The van der Waals surface area contributed by atoms with E-state index in [2.05, 4.69) is 15.6 Å². The second-order valence-corrected chi connectivity index (χ2v) is 18.2. The van der Waals surface area contributed by atoms with Crippen LogP contribution in [0.1, 0.15) is 52.0 Å². The Morgan fingerprint density at radius 2 is 1.77 bits per heavy atom. The number of nitrogens with one attached hydrogen (secondary N) is 1. The summed E-state index contributed by atoms with van der Waals surface area (Å²) in [5, 5.41) is 21.8. The fourth-order valence-corrected chi connectivity index (χ4v) is 10.7. The van der Waals surface area contributed by atoms with Gasteiger partial charge in [-0.05, 0) is 73.1 Å². The molecule has 2 aliphatic heterocycles. The minimum atomic E-state index is -3.37. The van der Waals surface area contributed by atoms with Gasteiger partial charge in [0.05, 0.1) is 43.7 Å². The number of benzene rings is 4. The first-order valence-electron chi connectivity index (χ1n) is 17.9. The predicted octanol–water partition coefficient (Wildman–Crippen LogP) is 7.08. The van der Waals surface area contributed by atoms with Gasteiger partial charge in [-0.3, -0.25) is 14.3 Å². The Morgan fingerprint density at radius 3 is 2.49 bits per heavy atom. The highest BCUT2D eigenvalue weighted by Gasteiger charge is 2.66. The Hall–Kier alpha value is -5.17. The molecule has 0 radical (unpaired) electrons. The number of fused-ring (bicyclic) bond motifs is 2. The number of aryl methyl sites for hydroxylation is 1. The van der Waals surface area contributed by atoms with Crippen molar-refractivity contribution >= 4 is 31.6 Å². The van der Waals surface area contributed by atoms with Gasteiger partial charge in [-0.1, -0.05) is 72.8 Å². The number of carbonyl (C=O) groups excluding carboxylic acids is 2. The molecular weight excluding hydrogens is 690 g/mol. The maximum atomic E-state index is 16.4. The first kappa shape index (κ1) is 36.2. The molecule has 3 heterocycles. The van der Waals surface area contributed by atoms with E-state index < -0.39 is 31.6 Å². The topological polar surface area (TPSA) is 119 Å². The molecule has 0 saturated carbocycles. The van der Waals surface area contributed by atoms with Gasteiger partial charge in [0.25, 0.3) is 11.8 Å². The van der Waals surface area contributed by atoms with Crippen molar-refractivity contribution in [3.05, 3.63) is 137 Å². The number of para-hydroxylation sites is 1. The molecule has 4 aromatic carbocycles. The number of hydrogen-bond acceptors (Lipinski definition) is 7. The molecule has 1 saturated heterocycles. The lowest BCUT2D eigenvalue weighted by molar-refractivity contribution is -0.146. The normalized spacial score (nSPS) is 21.5. The third-order valence-corrected chi connectivity index (χ3v) is 13.1. The predicted molar refractivity (Wildman–Crippen MR) is 203 cm³/mol. The SMILES string of the molecule is COc1ccc(C(=O)Nc2cccc(CN3C(=O)[C@]4(O[C@H](CCn5cc(C(CO)c6ccccc6)nn5)[C@@H]([Si](C)(C)F)[C@@H]4C)c4ccccc43)c2)cc1. The van der Waals surface area contributed by atoms with Gasteiger partial charge in [0.2, 0.25) is 8.41 Å². The van der Waals surface area contributed by atoms with Crippen molar-refractivity contribution in [2.24, 2.45) is 5.92 Å². The number of nitrogens with zero attached hydrogens (tertiary/aromatic N) is 4. The Bertz CT molecular complexity index is 2090. The standard InChI is InChI=1S/C41H44FN5O5Si/c1-27-38(53(3,4)42)37(21-22-46-25-35(44-45-46)33(26-48)29-12-6-5-7-13-29)52-41(27)34-15-8-9-16-36(34)47(40(41)50)24-28-11-10-14-31(23-28)43-39(49)30-17-19-32(51-2)20-18-30/h5-20,23,25,27,33,37-38,48H,21-22,24,26H2,1-4H3,(H,43,49)/t27-,33?,37+,38-,41+/m0/s1. The molecule has 274 valence electrons. The van der Waals surface area contributed by atoms with Crippen LogP contribution in [-0.4, -0.2) is 60.1 Å². The summed E-state index contributed by atoms with van der Waals surface area (Å²) in [5.41, 5.74) is 3.13. The summed E-state index contributed by atoms with van der Waals surface area (Å²) in [5.74, 6) is -0.573. The number of carbonyl (C=O) groups is 2. The number of aliphatic hydroxyl groups is 1. The summed E-state index contributed by atoms with van der Waals surface area (Å²) in [6.07, 6.45) is 1.71. The third kappa shape index (κ3) is 6.89. The zero-order chi connectivity index (χ0) is 37.3. The highest BCUT2D eigenvalue weighted by Crippen LogP contribution is 2.60. The van der Waals surface area contributed by atoms with Gasteiger partial charge < -0.3 is 28.9 Å². The van der Waals surface area contributed by atoms with Crippen LogP contribution in [-0.2, 0) is 28.2 Å². The van der Waals surface area contributed by atoms with E-state index in [1.807, 2.05) is 85.9 Å². The van der Waals surface area contributed by atoms with Crippen LogP contribution in [0, 0.1) is 5.92 Å². The molecule has 5 aromatic rings. The van der Waals surface area contributed by atoms with Crippen LogP contribution < -0.4 is 15.0 Å². The van der Waals surface area contributed by atoms with Gasteiger partial charge in [0.1, 0.15) is 5.75 Å². The lowest BCUT2D eigenvalue weighted by Crippen LogP contribution is -2.45. The maximum Gasteiger partial charge on any atom is 0.264 e. The number of rotatable bonds is 12. The molecule has 7 rings (SSSR count). The van der Waals surface area contributed by atoms with Crippen LogP contribution in [0.2, 0.25) is 18.6 Å². The van der Waals surface area contributed by atoms with Gasteiger partial charge in [-0.15, -0.1) is 5.10 Å². The summed E-state index contributed by atoms with van der Waals surface area (Å²) < 4.78 is 30.2. The molecule has 2 N–H and O–H groups in total. The lowest BCUT2D eigenvalue weighted by Gasteiger charge is -2.31. The fraction of sp³-hybridized carbons (Fsp3) is 0.317. The molecule has 1 aromatic heterocycles. The van der Waals surface area contributed by atoms with E-state index in [1.165, 1.54) is 0 Å². The highest BCUT2D eigenvalue weighted by atomic mass is 28.4. The number of ether oxygens (including phenoxy) is 2. The van der Waals surface area contributed by atoms with E-state index in [9.17, 15) is 14.7 Å². The summed E-state index contributed by atoms with van der Waals surface area (Å²) in [6, 6.07) is 31.6. The minimum Gasteiger partial charge on any atom is -0.497 e. The first-order valence-corrected chi connectivity index (χ1v) is 20.9. The average Bonchev–Trinajstić information content (AvgIpc) is 3.82. The fourth-order valence-electron chi connectivity index (χ4n) is 8.20. The number of hydrogen-bond donors (Lipinski definition) is 2. The quantitative estimate of drug-likeness (QED) is 0.104. The molecule has 10 nitrogen and oxygen atoms in total. The summed E-state index contributed by atoms with van der Waals surface area (Å²) >= 11 is 0. The Labute approximate surface area is 309 Å². The summed E-state index contributed by atoms with van der Waals surface area (Å²) in [7, 11) is -1.80. The average molecular weight is 734 g/mol. The monoisotopic (exact) mass is 733 g/mol. The van der Waals surface area contributed by atoms with Gasteiger partial charge in [0.15, 0.2) is 5.60 Å². The Morgan fingerprint density at radius 1 is 1.04 bits per heavy atom. The maximum absolute atomic E-state index is 16.4. The molecule has 1 unspecified atom stereocenters. The molecule has 5 atom stereocenters. The van der Waals surface area contributed by atoms with Crippen LogP contribution in [0.15, 0.2) is 109 Å². The number of methoxy groups -OCH3 is 1. The molecule has 53 heavy (non-hydrogen) atoms. The second-order valence-electron chi connectivity index (χ2n) is 14.4. The minimum absolute atomic E-state index is 0.112. The van der Waals surface area contributed by atoms with Crippen LogP contribution >= 0.6 is 0 Å². The molecular formula is C41H44FN5O5Si. The van der Waals surface area contributed by atoms with E-state index in [0.29, 0.717) is 35.7 Å². The van der Waals surface area contributed by atoms with Crippen LogP contribution in [0.5, 0.6) is 5.75 Å². The van der Waals surface area contributed by atoms with Crippen molar-refractivity contribution in [2.75, 3.05) is 23.9 Å². The van der Waals surface area contributed by atoms with E-state index in [4.69, 9.17) is 9.47 Å². The van der Waals surface area contributed by atoms with Gasteiger partial charge in [-0.2, -0.15) is 0 Å². The van der Waals surface area contributed by atoms with Crippen LogP contribution in [0.3, 0.4) is 0 Å². The van der Waals surface area contributed by atoms with Crippen LogP contribution in [0.25, 0.3) is 0 Å². The first-order chi connectivity index (χ1) is 25.5. The van der Waals surface area contributed by atoms with E-state index in [-0.39, 0.29) is 30.9 Å². The molecule has 1 spiro atoms. The number of anilines is 2. The van der Waals surface area contributed by atoms with Crippen molar-refractivity contribution in [2.45, 2.75) is 62.7 Å². The number of aliphatic hydroxyl groups excluding tert-OH is 1. The Balaban J connectivity index is 1.12. The zero-order valence-electron chi connectivity index (χ0n) is 30.3. The summed E-state index contributed by atoms with van der Waals surface area (Å²) in [6.45, 7) is 5.86. The van der Waals surface area contributed by atoms with Crippen molar-refractivity contribution in [1.29, 1.82) is 0 Å². The van der Waals surface area contributed by atoms with E-state index in [1.54, 1.807) is 60.1 Å². The van der Waals surface area contributed by atoms with Gasteiger partial charge >= 0.3 is 0 Å². The van der Waals surface area contributed by atoms with E-state index >= 15 is 4.11 Å². The number of aromatic nitrogens is 3. The van der Waals surface area contributed by atoms with Crippen LogP contribution in [0.4, 0.5) is 15.5 Å². The van der Waals surface area contributed by atoms with Crippen molar-refractivity contribution < 1.29 is 28.3 Å². The molecule has 0 bridgehead atoms. The second kappa shape index (κ2) is 14.7. The van der Waals surface area contributed by atoms with E-state index in [0.717, 1.165) is 22.4 Å². The van der Waals surface area contributed by atoms with Crippen molar-refractivity contribution in [3.8, 4) is 5.75 Å². The molecule has 2 amide bonds. The smallest absolute Gasteiger partial charge is 0.264 e. The molecule has 12 heteroatoms. The molecule has 0 aliphatic carbocycles. The third-order valence-electron chi connectivity index (χ3n) is 10.7. The molecule has 2 aliphatic rings. The summed E-state index contributed by atoms with van der Waals surface area (Å²) in [4.78, 5) is 29.5. The van der Waals surface area contributed by atoms with Gasteiger partial charge in [-0.25, -0.2) is 0 Å². The highest BCUT2D eigenvalue weighted by molar-refractivity contribution is 6.72. The Kier molecular flexibility index (Phi) is 10.0. The largest absolute Gasteiger partial charge is 0.497 e.